The Bertz CT molecular complexity index is 502. The molecule has 0 unspecified atom stereocenters. The molecule has 80 valence electrons. The van der Waals surface area contributed by atoms with Crippen LogP contribution in [-0.2, 0) is 13.5 Å². The fourth-order valence-electron chi connectivity index (χ4n) is 1.93. The largest absolute Gasteiger partial charge is 0.494 e. The number of aromatic hydroxyl groups is 1. The summed E-state index contributed by atoms with van der Waals surface area (Å²) in [4.78, 5) is 0. The normalized spacial score (nSPS) is 11.1. The van der Waals surface area contributed by atoms with Crippen molar-refractivity contribution in [1.29, 1.82) is 0 Å². The minimum Gasteiger partial charge on any atom is -0.494 e. The van der Waals surface area contributed by atoms with E-state index in [0.29, 0.717) is 11.8 Å². The average Bonchev–Trinajstić information content (AvgIpc) is 2.45. The molecule has 0 saturated heterocycles. The molecule has 1 aromatic carbocycles. The quantitative estimate of drug-likeness (QED) is 0.778. The summed E-state index contributed by atoms with van der Waals surface area (Å²) in [6.07, 6.45) is 0.868. The number of hydrogen-bond acceptors (Lipinski definition) is 1. The molecule has 0 amide bonds. The van der Waals surface area contributed by atoms with Crippen LogP contribution in [0.25, 0.3) is 10.9 Å². The second-order valence-electron chi connectivity index (χ2n) is 3.80. The van der Waals surface area contributed by atoms with E-state index in [2.05, 4.69) is 12.1 Å². The summed E-state index contributed by atoms with van der Waals surface area (Å²) < 4.78 is 1.80. The zero-order valence-corrected chi connectivity index (χ0v) is 9.67. The number of aromatic nitrogens is 1. The predicted molar refractivity (Wildman–Crippen MR) is 63.7 cm³/mol. The number of nitrogens with zero attached hydrogens (tertiary/aromatic N) is 1. The highest BCUT2D eigenvalue weighted by Gasteiger charge is 2.10. The lowest BCUT2D eigenvalue weighted by Crippen LogP contribution is -1.88. The first-order valence-corrected chi connectivity index (χ1v) is 5.51. The number of alkyl halides is 1. The van der Waals surface area contributed by atoms with Crippen molar-refractivity contribution in [3.8, 4) is 5.88 Å². The molecule has 0 aliphatic heterocycles. The first-order chi connectivity index (χ1) is 7.15. The molecule has 0 aliphatic carbocycles. The summed E-state index contributed by atoms with van der Waals surface area (Å²) in [6, 6.07) is 6.19. The minimum absolute atomic E-state index is 0.341. The Labute approximate surface area is 94.1 Å². The van der Waals surface area contributed by atoms with Crippen LogP contribution >= 0.6 is 11.6 Å². The number of rotatable bonds is 2. The Hall–Kier alpha value is -1.15. The van der Waals surface area contributed by atoms with E-state index in [-0.39, 0.29) is 0 Å². The van der Waals surface area contributed by atoms with E-state index >= 15 is 0 Å². The van der Waals surface area contributed by atoms with E-state index in [9.17, 15) is 5.11 Å². The summed E-state index contributed by atoms with van der Waals surface area (Å²) >= 11 is 5.71. The van der Waals surface area contributed by atoms with Crippen molar-refractivity contribution >= 4 is 22.5 Å². The Balaban J connectivity index is 2.66. The first-order valence-electron chi connectivity index (χ1n) is 4.98. The number of benzene rings is 1. The van der Waals surface area contributed by atoms with Crippen molar-refractivity contribution in [1.82, 2.24) is 4.57 Å². The van der Waals surface area contributed by atoms with Gasteiger partial charge in [-0.1, -0.05) is 6.07 Å². The zero-order valence-electron chi connectivity index (χ0n) is 8.92. The van der Waals surface area contributed by atoms with Crippen LogP contribution in [0.1, 0.15) is 11.1 Å². The standard InChI is InChI=1S/C12H14ClNO/c1-8-10-7-9(5-6-13)3-4-11(10)14(2)12(8)15/h3-4,7,15H,5-6H2,1-2H3. The van der Waals surface area contributed by atoms with Crippen LogP contribution < -0.4 is 0 Å². The highest BCUT2D eigenvalue weighted by atomic mass is 35.5. The lowest BCUT2D eigenvalue weighted by atomic mass is 10.1. The number of halogens is 1. The van der Waals surface area contributed by atoms with E-state index in [1.165, 1.54) is 5.56 Å². The van der Waals surface area contributed by atoms with Gasteiger partial charge in [0.15, 0.2) is 5.88 Å². The maximum atomic E-state index is 9.79. The summed E-state index contributed by atoms with van der Waals surface area (Å²) in [6.45, 7) is 1.93. The molecule has 15 heavy (non-hydrogen) atoms. The number of fused-ring (bicyclic) bond motifs is 1. The smallest absolute Gasteiger partial charge is 0.194 e. The zero-order chi connectivity index (χ0) is 11.0. The molecule has 1 heterocycles. The molecule has 0 bridgehead atoms. The van der Waals surface area contributed by atoms with Gasteiger partial charge in [0.25, 0.3) is 0 Å². The molecule has 0 radical (unpaired) electrons. The van der Waals surface area contributed by atoms with Crippen molar-refractivity contribution in [2.24, 2.45) is 7.05 Å². The van der Waals surface area contributed by atoms with Crippen LogP contribution in [0.3, 0.4) is 0 Å². The predicted octanol–water partition coefficient (Wildman–Crippen LogP) is 2.97. The van der Waals surface area contributed by atoms with E-state index in [1.807, 2.05) is 20.0 Å². The van der Waals surface area contributed by atoms with Gasteiger partial charge in [0.2, 0.25) is 0 Å². The van der Waals surface area contributed by atoms with Gasteiger partial charge in [0.1, 0.15) is 0 Å². The second-order valence-corrected chi connectivity index (χ2v) is 4.18. The van der Waals surface area contributed by atoms with E-state index < -0.39 is 0 Å². The average molecular weight is 224 g/mol. The Kier molecular flexibility index (Phi) is 2.61. The van der Waals surface area contributed by atoms with Crippen molar-refractivity contribution in [3.63, 3.8) is 0 Å². The lowest BCUT2D eigenvalue weighted by molar-refractivity contribution is 0.431. The molecular formula is C12H14ClNO. The van der Waals surface area contributed by atoms with Gasteiger partial charge in [-0.15, -0.1) is 11.6 Å². The maximum absolute atomic E-state index is 9.79. The van der Waals surface area contributed by atoms with E-state index in [0.717, 1.165) is 22.9 Å². The minimum atomic E-state index is 0.341. The van der Waals surface area contributed by atoms with Crippen molar-refractivity contribution < 1.29 is 5.11 Å². The van der Waals surface area contributed by atoms with E-state index in [1.54, 1.807) is 4.57 Å². The third kappa shape index (κ3) is 1.59. The van der Waals surface area contributed by atoms with Gasteiger partial charge >= 0.3 is 0 Å². The van der Waals surface area contributed by atoms with Crippen LogP contribution in [0.4, 0.5) is 0 Å². The topological polar surface area (TPSA) is 25.2 Å². The second kappa shape index (κ2) is 3.78. The molecule has 0 atom stereocenters. The molecule has 2 aromatic rings. The van der Waals surface area contributed by atoms with Gasteiger partial charge in [0, 0.05) is 23.9 Å². The Morgan fingerprint density at radius 1 is 1.40 bits per heavy atom. The van der Waals surface area contributed by atoms with Crippen LogP contribution in [-0.4, -0.2) is 15.6 Å². The number of hydrogen-bond donors (Lipinski definition) is 1. The highest BCUT2D eigenvalue weighted by molar-refractivity contribution is 6.18. The molecule has 2 rings (SSSR count). The fraction of sp³-hybridized carbons (Fsp3) is 0.333. The summed E-state index contributed by atoms with van der Waals surface area (Å²) in [5.74, 6) is 0.969. The monoisotopic (exact) mass is 223 g/mol. The summed E-state index contributed by atoms with van der Waals surface area (Å²) in [7, 11) is 1.87. The molecule has 0 aliphatic rings. The fourth-order valence-corrected chi connectivity index (χ4v) is 2.14. The van der Waals surface area contributed by atoms with E-state index in [4.69, 9.17) is 11.6 Å². The molecule has 1 N–H and O–H groups in total. The Morgan fingerprint density at radius 3 is 2.80 bits per heavy atom. The summed E-state index contributed by atoms with van der Waals surface area (Å²) in [5.41, 5.74) is 3.21. The SMILES string of the molecule is Cc1c(O)n(C)c2ccc(CCCl)cc12. The molecule has 0 saturated carbocycles. The van der Waals surface area contributed by atoms with Crippen molar-refractivity contribution in [3.05, 3.63) is 29.3 Å². The van der Waals surface area contributed by atoms with Gasteiger partial charge < -0.3 is 9.67 Å². The third-order valence-electron chi connectivity index (χ3n) is 2.86. The molecular weight excluding hydrogens is 210 g/mol. The molecule has 2 nitrogen and oxygen atoms in total. The van der Waals surface area contributed by atoms with Crippen molar-refractivity contribution in [2.45, 2.75) is 13.3 Å². The molecule has 3 heteroatoms. The first kappa shape index (κ1) is 10.4. The summed E-state index contributed by atoms with van der Waals surface area (Å²) in [5, 5.41) is 10.9. The van der Waals surface area contributed by atoms with Gasteiger partial charge in [-0.05, 0) is 31.0 Å². The van der Waals surface area contributed by atoms with Gasteiger partial charge in [-0.3, -0.25) is 0 Å². The van der Waals surface area contributed by atoms with Gasteiger partial charge in [-0.25, -0.2) is 0 Å². The van der Waals surface area contributed by atoms with Crippen molar-refractivity contribution in [2.75, 3.05) is 5.88 Å². The van der Waals surface area contributed by atoms with Gasteiger partial charge in [-0.2, -0.15) is 0 Å². The Morgan fingerprint density at radius 2 is 2.13 bits per heavy atom. The van der Waals surface area contributed by atoms with Gasteiger partial charge in [0.05, 0.1) is 5.52 Å². The molecule has 0 fully saturated rings. The number of aryl methyl sites for hydroxylation is 3. The van der Waals surface area contributed by atoms with Crippen LogP contribution in [0.5, 0.6) is 5.88 Å². The van der Waals surface area contributed by atoms with Crippen LogP contribution in [0.15, 0.2) is 18.2 Å². The molecule has 0 spiro atoms. The third-order valence-corrected chi connectivity index (χ3v) is 3.05. The van der Waals surface area contributed by atoms with Crippen LogP contribution in [0, 0.1) is 6.92 Å². The highest BCUT2D eigenvalue weighted by Crippen LogP contribution is 2.29. The maximum Gasteiger partial charge on any atom is 0.194 e. The molecule has 1 aromatic heterocycles. The lowest BCUT2D eigenvalue weighted by Gasteiger charge is -2.00. The van der Waals surface area contributed by atoms with Crippen LogP contribution in [0.2, 0.25) is 0 Å².